The van der Waals surface area contributed by atoms with E-state index in [9.17, 15) is 29.7 Å². The SMILES string of the molecule is C.C.N[C@H](CN1CCCC1)[C@H](O)c1ccc(OC2CC2)c(Cl)c1.O=C(N[C@H](CN1CCCC1)[C@H](O)c1ccc(OC2CC2)c(Cl)c1)[C@@H]1CCN(c2ccc(Cl)cn2)C1.O=C(N[C@H](CN1CCCC1)[C@H](O)c1ccc(OC2CC2)c(Cl)c1)[C@H]1CCN(c2ccc(Cl)cn2)C1.O=C(O)C1CCN(c2ccc(Cl)cn2)C1. The van der Waals surface area contributed by atoms with Gasteiger partial charge in [-0.25, -0.2) is 15.0 Å². The second-order valence-corrected chi connectivity index (χ2v) is 31.9. The molecule has 3 saturated carbocycles. The van der Waals surface area contributed by atoms with E-state index in [1.807, 2.05) is 71.6 Å². The summed E-state index contributed by atoms with van der Waals surface area (Å²) in [7, 11) is 0. The number of hydrogen-bond acceptors (Lipinski definition) is 19. The Balaban J connectivity index is 0.000000160. The molecule has 9 fully saturated rings. The third-order valence-corrected chi connectivity index (χ3v) is 22.5. The van der Waals surface area contributed by atoms with Gasteiger partial charge in [-0.3, -0.25) is 14.4 Å². The maximum absolute atomic E-state index is 13.3. The lowest BCUT2D eigenvalue weighted by Crippen LogP contribution is -2.48. The zero-order chi connectivity index (χ0) is 74.4. The Hall–Kier alpha value is -6.22. The fourth-order valence-corrected chi connectivity index (χ4v) is 15.3. The summed E-state index contributed by atoms with van der Waals surface area (Å²) in [5.41, 5.74) is 8.26. The van der Waals surface area contributed by atoms with Gasteiger partial charge in [0.2, 0.25) is 11.8 Å². The number of nitrogens with two attached hydrogens (primary N) is 1. The number of carbonyl (C=O) groups is 3. The van der Waals surface area contributed by atoms with E-state index in [1.54, 1.807) is 42.9 Å². The van der Waals surface area contributed by atoms with E-state index in [2.05, 4.69) is 50.1 Å². The molecule has 588 valence electrons. The summed E-state index contributed by atoms with van der Waals surface area (Å²) in [6, 6.07) is 26.1. The number of pyridine rings is 3. The molecule has 1 unspecified atom stereocenters. The van der Waals surface area contributed by atoms with E-state index in [0.29, 0.717) is 104 Å². The molecular formula is C80H106Cl6N12O10. The fourth-order valence-electron chi connectivity index (χ4n) is 14.3. The van der Waals surface area contributed by atoms with Gasteiger partial charge in [-0.05, 0) is 225 Å². The van der Waals surface area contributed by atoms with Crippen molar-refractivity contribution in [3.63, 3.8) is 0 Å². The van der Waals surface area contributed by atoms with Gasteiger partial charge in [0.05, 0.1) is 84.4 Å². The smallest absolute Gasteiger partial charge is 0.308 e. The second-order valence-electron chi connectivity index (χ2n) is 29.4. The van der Waals surface area contributed by atoms with Crippen molar-refractivity contribution >= 4 is 105 Å². The molecule has 9 atom stereocenters. The summed E-state index contributed by atoms with van der Waals surface area (Å²) in [4.78, 5) is 63.3. The van der Waals surface area contributed by atoms with Crippen LogP contribution >= 0.6 is 69.6 Å². The van der Waals surface area contributed by atoms with Gasteiger partial charge in [-0.1, -0.05) is 103 Å². The zero-order valence-corrected chi connectivity index (χ0v) is 64.2. The number of rotatable bonds is 26. The van der Waals surface area contributed by atoms with Crippen LogP contribution in [0.5, 0.6) is 17.2 Å². The fraction of sp³-hybridized carbons (Fsp3) is 0.550. The number of aliphatic carboxylic acids is 1. The van der Waals surface area contributed by atoms with Crippen LogP contribution in [-0.4, -0.2) is 202 Å². The van der Waals surface area contributed by atoms with Gasteiger partial charge in [0.25, 0.3) is 0 Å². The third-order valence-electron chi connectivity index (χ3n) is 20.9. The van der Waals surface area contributed by atoms with Crippen molar-refractivity contribution < 1.29 is 49.0 Å². The Labute approximate surface area is 665 Å². The van der Waals surface area contributed by atoms with Gasteiger partial charge in [0.1, 0.15) is 46.9 Å². The Morgan fingerprint density at radius 1 is 0.426 bits per heavy atom. The number of amides is 2. The zero-order valence-electron chi connectivity index (χ0n) is 59.6. The van der Waals surface area contributed by atoms with Gasteiger partial charge in [-0.15, -0.1) is 0 Å². The summed E-state index contributed by atoms with van der Waals surface area (Å²) in [6.45, 7) is 12.0. The van der Waals surface area contributed by atoms with Crippen LogP contribution in [0.1, 0.15) is 146 Å². The Morgan fingerprint density at radius 3 is 1.02 bits per heavy atom. The summed E-state index contributed by atoms with van der Waals surface area (Å²) in [5.74, 6) is 3.01. The molecule has 9 heterocycles. The van der Waals surface area contributed by atoms with Crippen molar-refractivity contribution in [3.05, 3.63) is 156 Å². The number of likely N-dealkylation sites (tertiary alicyclic amines) is 3. The lowest BCUT2D eigenvalue weighted by atomic mass is 10.00. The minimum Gasteiger partial charge on any atom is -0.489 e. The largest absolute Gasteiger partial charge is 0.489 e. The van der Waals surface area contributed by atoms with Crippen LogP contribution in [0.2, 0.25) is 30.1 Å². The van der Waals surface area contributed by atoms with Crippen molar-refractivity contribution in [1.29, 1.82) is 0 Å². The first kappa shape index (κ1) is 84.2. The highest BCUT2D eigenvalue weighted by atomic mass is 35.5. The van der Waals surface area contributed by atoms with E-state index in [1.165, 1.54) is 12.8 Å². The van der Waals surface area contributed by atoms with Crippen LogP contribution in [0.3, 0.4) is 0 Å². The molecule has 3 aliphatic carbocycles. The molecule has 2 amide bonds. The lowest BCUT2D eigenvalue weighted by Gasteiger charge is -2.30. The van der Waals surface area contributed by atoms with Gasteiger partial charge in [0, 0.05) is 83.5 Å². The average molecular weight is 1610 g/mol. The predicted molar refractivity (Wildman–Crippen MR) is 429 cm³/mol. The minimum absolute atomic E-state index is 0. The monoisotopic (exact) mass is 1600 g/mol. The second kappa shape index (κ2) is 40.3. The number of carbonyl (C=O) groups excluding carboxylic acids is 2. The molecule has 28 heteroatoms. The predicted octanol–water partition coefficient (Wildman–Crippen LogP) is 13.4. The first-order chi connectivity index (χ1) is 51.2. The molecule has 6 aromatic rings. The highest BCUT2D eigenvalue weighted by molar-refractivity contribution is 6.33. The topological polar surface area (TPSA) is 268 Å². The van der Waals surface area contributed by atoms with Gasteiger partial charge < -0.3 is 80.4 Å². The molecule has 8 N–H and O–H groups in total. The van der Waals surface area contributed by atoms with Gasteiger partial charge in [0.15, 0.2) is 0 Å². The van der Waals surface area contributed by atoms with Crippen molar-refractivity contribution in [1.82, 2.24) is 40.3 Å². The van der Waals surface area contributed by atoms with Crippen molar-refractivity contribution in [2.24, 2.45) is 23.5 Å². The Kier molecular flexibility index (Phi) is 31.4. The van der Waals surface area contributed by atoms with Gasteiger partial charge in [-0.2, -0.15) is 0 Å². The van der Waals surface area contributed by atoms with Crippen LogP contribution in [-0.2, 0) is 14.4 Å². The van der Waals surface area contributed by atoms with E-state index >= 15 is 0 Å². The Bertz CT molecular complexity index is 3690. The number of benzene rings is 3. The number of carboxylic acids is 1. The number of hydrogen-bond donors (Lipinski definition) is 7. The molecule has 15 rings (SSSR count). The van der Waals surface area contributed by atoms with Gasteiger partial charge >= 0.3 is 5.97 Å². The van der Waals surface area contributed by atoms with Crippen LogP contribution in [0, 0.1) is 17.8 Å². The summed E-state index contributed by atoms with van der Waals surface area (Å²) >= 11 is 36.8. The third kappa shape index (κ3) is 24.4. The van der Waals surface area contributed by atoms with Crippen molar-refractivity contribution in [3.8, 4) is 17.2 Å². The van der Waals surface area contributed by atoms with E-state index in [0.717, 1.165) is 166 Å². The number of aliphatic hydroxyl groups is 3. The quantitative estimate of drug-likeness (QED) is 0.0266. The number of nitrogens with zero attached hydrogens (tertiary/aromatic N) is 9. The summed E-state index contributed by atoms with van der Waals surface area (Å²) in [6.07, 6.45) is 18.8. The molecule has 9 aliphatic rings. The average Bonchev–Trinajstić information content (AvgIpc) is 1.54. The lowest BCUT2D eigenvalue weighted by molar-refractivity contribution is -0.141. The number of aromatic nitrogens is 3. The number of anilines is 3. The standard InChI is InChI=1S/2C26H32Cl2N4O3.C16H23ClN2O2.C10H11ClN2O2.2CH4/c2*27-19-4-8-24(29-14-19)32-12-9-18(15-32)26(34)30-22(16-31-10-1-2-11-31)25(33)17-3-7-23(21(28)13-17)35-20-5-6-20;17-13-9-11(3-6-15(13)21-12-4-5-12)16(20)14(18)10-19-7-1-2-8-19;11-8-1-2-9(12-5-8)13-4-3-7(6-13)10(14)15;;/h2*3-4,7-8,13-14,18,20,22,25,33H,1-2,5-6,9-12,15-16H2,(H,30,34);3,6,9,12,14,16,20H,1-2,4-5,7-8,10,18H2;1-2,5,7H,3-4,6H2,(H,14,15);2*1H4/t18-,22+,25+;18-,22-,25-;14-,16-;;;/m011.../s1. The molecule has 108 heavy (non-hydrogen) atoms. The first-order valence-electron chi connectivity index (χ1n) is 37.5. The first-order valence-corrected chi connectivity index (χ1v) is 39.8. The number of nitrogens with one attached hydrogen (secondary N) is 2. The molecule has 6 aliphatic heterocycles. The number of ether oxygens (including phenoxy) is 3. The maximum atomic E-state index is 13.3. The summed E-state index contributed by atoms with van der Waals surface area (Å²) < 4.78 is 17.4. The van der Waals surface area contributed by atoms with Crippen molar-refractivity contribution in [2.45, 2.75) is 166 Å². The highest BCUT2D eigenvalue weighted by Gasteiger charge is 2.37. The van der Waals surface area contributed by atoms with Crippen molar-refractivity contribution in [2.75, 3.05) is 113 Å². The molecule has 3 aromatic heterocycles. The molecule has 22 nitrogen and oxygen atoms in total. The Morgan fingerprint density at radius 2 is 0.731 bits per heavy atom. The maximum Gasteiger partial charge on any atom is 0.308 e. The highest BCUT2D eigenvalue weighted by Crippen LogP contribution is 2.39. The van der Waals surface area contributed by atoms with Crippen LogP contribution in [0.15, 0.2) is 110 Å². The summed E-state index contributed by atoms with van der Waals surface area (Å²) in [5, 5.41) is 51.5. The van der Waals surface area contributed by atoms with E-state index in [-0.39, 0.29) is 62.7 Å². The van der Waals surface area contributed by atoms with E-state index < -0.39 is 36.4 Å². The normalized spacial score (nSPS) is 21.6. The molecular weight excluding hydrogens is 1500 g/mol. The minimum atomic E-state index is -0.873. The van der Waals surface area contributed by atoms with Crippen LogP contribution in [0.25, 0.3) is 0 Å². The molecule has 0 spiro atoms. The number of aliphatic hydroxyl groups excluding tert-OH is 3. The van der Waals surface area contributed by atoms with Crippen LogP contribution < -0.4 is 45.3 Å². The molecule has 0 bridgehead atoms. The number of carboxylic acid groups (broad SMARTS) is 1. The van der Waals surface area contributed by atoms with Crippen LogP contribution in [0.4, 0.5) is 17.5 Å². The molecule has 0 radical (unpaired) electrons. The van der Waals surface area contributed by atoms with E-state index in [4.69, 9.17) is 94.7 Å². The molecule has 6 saturated heterocycles. The number of halogens is 6. The molecule has 3 aromatic carbocycles.